The summed E-state index contributed by atoms with van der Waals surface area (Å²) in [5.41, 5.74) is -1.31. The first kappa shape index (κ1) is 12.4. The third kappa shape index (κ3) is 1.49. The van der Waals surface area contributed by atoms with Gasteiger partial charge in [0.05, 0.1) is 0 Å². The van der Waals surface area contributed by atoms with Gasteiger partial charge in [-0.1, -0.05) is 13.8 Å². The molecule has 1 saturated heterocycles. The van der Waals surface area contributed by atoms with Gasteiger partial charge in [-0.25, -0.2) is 0 Å². The summed E-state index contributed by atoms with van der Waals surface area (Å²) in [6.45, 7) is 5.80. The van der Waals surface area contributed by atoms with E-state index in [4.69, 9.17) is 0 Å². The Labute approximate surface area is 103 Å². The van der Waals surface area contributed by atoms with Crippen LogP contribution >= 0.6 is 0 Å². The van der Waals surface area contributed by atoms with E-state index in [0.717, 1.165) is 12.8 Å². The van der Waals surface area contributed by atoms with Gasteiger partial charge in [0.25, 0.3) is 0 Å². The van der Waals surface area contributed by atoms with Crippen molar-refractivity contribution in [3.63, 3.8) is 0 Å². The van der Waals surface area contributed by atoms with Crippen LogP contribution in [0.25, 0.3) is 0 Å². The van der Waals surface area contributed by atoms with Crippen LogP contribution in [0.15, 0.2) is 0 Å². The number of amides is 2. The maximum atomic E-state index is 12.5. The molecule has 4 nitrogen and oxygen atoms in total. The smallest absolute Gasteiger partial charge is 0.248 e. The van der Waals surface area contributed by atoms with Crippen LogP contribution in [-0.4, -0.2) is 34.8 Å². The zero-order valence-electron chi connectivity index (χ0n) is 11.2. The quantitative estimate of drug-likeness (QED) is 0.805. The second kappa shape index (κ2) is 3.72. The summed E-state index contributed by atoms with van der Waals surface area (Å²) in [7, 11) is 1.78. The number of rotatable bonds is 3. The Balaban J connectivity index is 2.36. The fourth-order valence-corrected chi connectivity index (χ4v) is 2.92. The summed E-state index contributed by atoms with van der Waals surface area (Å²) < 4.78 is 0. The van der Waals surface area contributed by atoms with E-state index in [1.54, 1.807) is 11.9 Å². The molecule has 2 rings (SSSR count). The summed E-state index contributed by atoms with van der Waals surface area (Å²) in [5.74, 6) is 0.422. The molecule has 1 atom stereocenters. The first-order valence-electron chi connectivity index (χ1n) is 6.53. The summed E-state index contributed by atoms with van der Waals surface area (Å²) >= 11 is 0. The monoisotopic (exact) mass is 238 g/mol. The Morgan fingerprint density at radius 3 is 2.24 bits per heavy atom. The van der Waals surface area contributed by atoms with E-state index >= 15 is 0 Å². The van der Waals surface area contributed by atoms with Crippen molar-refractivity contribution in [3.05, 3.63) is 0 Å². The summed E-state index contributed by atoms with van der Waals surface area (Å²) in [5, 5.41) is 2.99. The van der Waals surface area contributed by atoms with E-state index in [1.165, 1.54) is 0 Å². The molecule has 96 valence electrons. The van der Waals surface area contributed by atoms with Crippen LogP contribution in [0.1, 0.15) is 46.5 Å². The highest BCUT2D eigenvalue weighted by Gasteiger charge is 2.59. The van der Waals surface area contributed by atoms with Crippen molar-refractivity contribution in [1.82, 2.24) is 10.2 Å². The lowest BCUT2D eigenvalue weighted by Gasteiger charge is -2.49. The molecule has 1 unspecified atom stereocenters. The molecule has 1 aliphatic carbocycles. The van der Waals surface area contributed by atoms with Gasteiger partial charge in [0.15, 0.2) is 0 Å². The number of hydrogen-bond acceptors (Lipinski definition) is 2. The van der Waals surface area contributed by atoms with Gasteiger partial charge in [-0.15, -0.1) is 0 Å². The number of nitrogens with zero attached hydrogens (tertiary/aromatic N) is 1. The minimum Gasteiger partial charge on any atom is -0.340 e. The lowest BCUT2D eigenvalue weighted by atomic mass is 9.81. The highest BCUT2D eigenvalue weighted by Crippen LogP contribution is 2.45. The SMILES string of the molecule is CCC1(CC)NC(=O)C(C)(C2CC2)N(C)C1=O. The van der Waals surface area contributed by atoms with E-state index in [2.05, 4.69) is 5.32 Å². The maximum absolute atomic E-state index is 12.5. The molecule has 1 aliphatic heterocycles. The fraction of sp³-hybridized carbons (Fsp3) is 0.846. The van der Waals surface area contributed by atoms with E-state index in [1.807, 2.05) is 20.8 Å². The number of piperazine rings is 1. The van der Waals surface area contributed by atoms with Gasteiger partial charge >= 0.3 is 0 Å². The molecule has 0 bridgehead atoms. The van der Waals surface area contributed by atoms with Crippen molar-refractivity contribution in [2.75, 3.05) is 7.05 Å². The number of carbonyl (C=O) groups excluding carboxylic acids is 2. The molecule has 0 aromatic carbocycles. The van der Waals surface area contributed by atoms with Gasteiger partial charge in [-0.05, 0) is 38.5 Å². The van der Waals surface area contributed by atoms with Crippen molar-refractivity contribution < 1.29 is 9.59 Å². The van der Waals surface area contributed by atoms with Crippen LogP contribution in [-0.2, 0) is 9.59 Å². The Morgan fingerprint density at radius 1 is 1.29 bits per heavy atom. The molecule has 0 spiro atoms. The van der Waals surface area contributed by atoms with Crippen molar-refractivity contribution in [3.8, 4) is 0 Å². The number of likely N-dealkylation sites (N-methyl/N-ethyl adjacent to an activating group) is 1. The molecule has 1 saturated carbocycles. The van der Waals surface area contributed by atoms with E-state index in [9.17, 15) is 9.59 Å². The average molecular weight is 238 g/mol. The molecule has 0 aromatic heterocycles. The minimum atomic E-state index is -0.680. The molecule has 0 radical (unpaired) electrons. The normalized spacial score (nSPS) is 32.6. The second-order valence-electron chi connectivity index (χ2n) is 5.53. The van der Waals surface area contributed by atoms with Gasteiger partial charge in [-0.3, -0.25) is 9.59 Å². The fourth-order valence-electron chi connectivity index (χ4n) is 2.92. The molecule has 1 N–H and O–H groups in total. The van der Waals surface area contributed by atoms with Crippen LogP contribution in [0.3, 0.4) is 0 Å². The van der Waals surface area contributed by atoms with Gasteiger partial charge < -0.3 is 10.2 Å². The lowest BCUT2D eigenvalue weighted by Crippen LogP contribution is -2.74. The first-order chi connectivity index (χ1) is 7.92. The van der Waals surface area contributed by atoms with Crippen LogP contribution < -0.4 is 5.32 Å². The number of hydrogen-bond donors (Lipinski definition) is 1. The summed E-state index contributed by atoms with van der Waals surface area (Å²) in [6.07, 6.45) is 3.40. The average Bonchev–Trinajstić information content (AvgIpc) is 3.15. The molecule has 1 heterocycles. The van der Waals surface area contributed by atoms with Crippen molar-refractivity contribution >= 4 is 11.8 Å². The molecule has 2 amide bonds. The summed E-state index contributed by atoms with van der Waals surface area (Å²) in [4.78, 5) is 26.6. The predicted octanol–water partition coefficient (Wildman–Crippen LogP) is 1.30. The first-order valence-corrected chi connectivity index (χ1v) is 6.53. The highest BCUT2D eigenvalue weighted by molar-refractivity contribution is 6.02. The molecule has 2 aliphatic rings. The number of nitrogens with one attached hydrogen (secondary N) is 1. The van der Waals surface area contributed by atoms with E-state index < -0.39 is 11.1 Å². The summed E-state index contributed by atoms with van der Waals surface area (Å²) in [6, 6.07) is 0. The maximum Gasteiger partial charge on any atom is 0.248 e. The van der Waals surface area contributed by atoms with Gasteiger partial charge in [-0.2, -0.15) is 0 Å². The highest BCUT2D eigenvalue weighted by atomic mass is 16.2. The zero-order valence-corrected chi connectivity index (χ0v) is 11.2. The molecular weight excluding hydrogens is 216 g/mol. The van der Waals surface area contributed by atoms with Gasteiger partial charge in [0, 0.05) is 7.05 Å². The Bertz CT molecular complexity index is 358. The lowest BCUT2D eigenvalue weighted by molar-refractivity contribution is -0.162. The largest absolute Gasteiger partial charge is 0.340 e. The Hall–Kier alpha value is -1.06. The third-order valence-electron chi connectivity index (χ3n) is 4.80. The van der Waals surface area contributed by atoms with Crippen molar-refractivity contribution in [2.45, 2.75) is 57.5 Å². The van der Waals surface area contributed by atoms with Crippen LogP contribution in [0.4, 0.5) is 0 Å². The van der Waals surface area contributed by atoms with Gasteiger partial charge in [0.1, 0.15) is 11.1 Å². The molecular formula is C13H22N2O2. The molecule has 2 fully saturated rings. The molecule has 4 heteroatoms. The minimum absolute atomic E-state index is 0.0193. The van der Waals surface area contributed by atoms with Crippen LogP contribution in [0.5, 0.6) is 0 Å². The van der Waals surface area contributed by atoms with Crippen LogP contribution in [0.2, 0.25) is 0 Å². The van der Waals surface area contributed by atoms with Crippen molar-refractivity contribution in [2.24, 2.45) is 5.92 Å². The Kier molecular flexibility index (Phi) is 2.71. The van der Waals surface area contributed by atoms with E-state index in [0.29, 0.717) is 18.8 Å². The number of carbonyl (C=O) groups is 2. The third-order valence-corrected chi connectivity index (χ3v) is 4.80. The predicted molar refractivity (Wildman–Crippen MR) is 65.4 cm³/mol. The molecule has 0 aromatic rings. The Morgan fingerprint density at radius 2 is 1.82 bits per heavy atom. The van der Waals surface area contributed by atoms with Crippen molar-refractivity contribution in [1.29, 1.82) is 0 Å². The van der Waals surface area contributed by atoms with Crippen LogP contribution in [0, 0.1) is 5.92 Å². The van der Waals surface area contributed by atoms with Gasteiger partial charge in [0.2, 0.25) is 11.8 Å². The van der Waals surface area contributed by atoms with E-state index in [-0.39, 0.29) is 11.8 Å². The second-order valence-corrected chi connectivity index (χ2v) is 5.53. The molecule has 17 heavy (non-hydrogen) atoms. The standard InChI is InChI=1S/C13H22N2O2/c1-5-13(6-2)11(17)15(4)12(3,9-7-8-9)10(16)14-13/h9H,5-8H2,1-4H3,(H,14,16). The zero-order chi connectivity index (χ0) is 12.8. The topological polar surface area (TPSA) is 49.4 Å².